The number of aromatic nitrogens is 1. The number of aryl methyl sites for hydroxylation is 2. The van der Waals surface area contributed by atoms with Crippen LogP contribution in [0.1, 0.15) is 48.2 Å². The molecule has 0 saturated heterocycles. The van der Waals surface area contributed by atoms with Crippen LogP contribution in [0.2, 0.25) is 0 Å². The number of hydrogen-bond donors (Lipinski definition) is 0. The van der Waals surface area contributed by atoms with Gasteiger partial charge in [0.1, 0.15) is 0 Å². The lowest BCUT2D eigenvalue weighted by Gasteiger charge is -2.25. The van der Waals surface area contributed by atoms with Crippen LogP contribution in [0, 0.1) is 36.5 Å². The van der Waals surface area contributed by atoms with Crippen molar-refractivity contribution in [3.63, 3.8) is 0 Å². The van der Waals surface area contributed by atoms with E-state index in [1.54, 1.807) is 4.90 Å². The Kier molecular flexibility index (Phi) is 10.6. The van der Waals surface area contributed by atoms with E-state index < -0.39 is 10.0 Å². The van der Waals surface area contributed by atoms with Gasteiger partial charge in [-0.3, -0.25) is 9.69 Å². The van der Waals surface area contributed by atoms with E-state index in [2.05, 4.69) is 31.7 Å². The minimum atomic E-state index is -3.92. The zero-order valence-electron chi connectivity index (χ0n) is 22.8. The van der Waals surface area contributed by atoms with Gasteiger partial charge in [-0.05, 0) is 74.5 Å². The molecular formula is C28H34N6O3S2. The largest absolute Gasteiger partial charge is 0.302 e. The van der Waals surface area contributed by atoms with Gasteiger partial charge in [0.05, 0.1) is 27.3 Å². The van der Waals surface area contributed by atoms with Crippen LogP contribution in [0.25, 0.3) is 10.2 Å². The van der Waals surface area contributed by atoms with Crippen molar-refractivity contribution in [2.45, 2.75) is 45.4 Å². The van der Waals surface area contributed by atoms with Crippen LogP contribution in [0.15, 0.2) is 41.3 Å². The molecule has 0 aliphatic heterocycles. The van der Waals surface area contributed by atoms with Crippen molar-refractivity contribution >= 4 is 42.6 Å². The highest BCUT2D eigenvalue weighted by Crippen LogP contribution is 2.32. The van der Waals surface area contributed by atoms with Crippen LogP contribution >= 0.6 is 11.3 Å². The summed E-state index contributed by atoms with van der Waals surface area (Å²) in [5.74, 6) is -0.260. The number of thiazole rings is 1. The Balaban J connectivity index is 1.94. The first-order valence-electron chi connectivity index (χ1n) is 12.9. The van der Waals surface area contributed by atoms with Crippen LogP contribution in [0.5, 0.6) is 0 Å². The van der Waals surface area contributed by atoms with Gasteiger partial charge in [-0.15, -0.1) is 0 Å². The van der Waals surface area contributed by atoms with Gasteiger partial charge in [0.25, 0.3) is 5.91 Å². The van der Waals surface area contributed by atoms with Gasteiger partial charge < -0.3 is 4.90 Å². The second kappa shape index (κ2) is 13.6. The molecule has 0 unspecified atom stereocenters. The molecule has 0 spiro atoms. The smallest absolute Gasteiger partial charge is 0.260 e. The molecule has 0 atom stereocenters. The van der Waals surface area contributed by atoms with Gasteiger partial charge in [-0.25, -0.2) is 13.4 Å². The van der Waals surface area contributed by atoms with Crippen LogP contribution in [-0.2, 0) is 10.0 Å². The van der Waals surface area contributed by atoms with Crippen molar-refractivity contribution in [3.8, 4) is 12.1 Å². The van der Waals surface area contributed by atoms with Crippen molar-refractivity contribution in [3.05, 3.63) is 53.1 Å². The van der Waals surface area contributed by atoms with E-state index in [1.807, 2.05) is 25.1 Å². The van der Waals surface area contributed by atoms with Crippen molar-refractivity contribution in [2.75, 3.05) is 44.2 Å². The molecule has 0 aliphatic carbocycles. The summed E-state index contributed by atoms with van der Waals surface area (Å²) in [5, 5.41) is 18.4. The van der Waals surface area contributed by atoms with Crippen molar-refractivity contribution < 1.29 is 13.2 Å². The van der Waals surface area contributed by atoms with E-state index in [-0.39, 0.29) is 36.7 Å². The Morgan fingerprint density at radius 1 is 0.923 bits per heavy atom. The lowest BCUT2D eigenvalue weighted by molar-refractivity contribution is 0.0983. The molecule has 9 nitrogen and oxygen atoms in total. The second-order valence-electron chi connectivity index (χ2n) is 9.13. The lowest BCUT2D eigenvalue weighted by atomic mass is 10.1. The molecule has 11 heteroatoms. The highest BCUT2D eigenvalue weighted by Gasteiger charge is 2.26. The molecule has 3 aromatic rings. The molecule has 0 radical (unpaired) electrons. The highest BCUT2D eigenvalue weighted by molar-refractivity contribution is 7.89. The fraction of sp³-hybridized carbons (Fsp3) is 0.429. The first-order valence-corrected chi connectivity index (χ1v) is 15.2. The number of rotatable bonds is 13. The molecule has 0 bridgehead atoms. The third kappa shape index (κ3) is 7.20. The number of likely N-dealkylation sites (N-methyl/N-ethyl adjacent to an activating group) is 1. The normalized spacial score (nSPS) is 11.6. The molecular weight excluding hydrogens is 532 g/mol. The number of benzene rings is 2. The summed E-state index contributed by atoms with van der Waals surface area (Å²) in [6.07, 6.45) is 0.0356. The molecule has 1 aromatic heterocycles. The third-order valence-corrected chi connectivity index (χ3v) is 9.64. The van der Waals surface area contributed by atoms with Gasteiger partial charge in [0.2, 0.25) is 10.0 Å². The Morgan fingerprint density at radius 2 is 1.51 bits per heavy atom. The average molecular weight is 567 g/mol. The third-order valence-electron chi connectivity index (χ3n) is 6.69. The second-order valence-corrected chi connectivity index (χ2v) is 12.1. The van der Waals surface area contributed by atoms with E-state index in [4.69, 9.17) is 15.5 Å². The molecule has 3 rings (SSSR count). The zero-order chi connectivity index (χ0) is 28.6. The summed E-state index contributed by atoms with van der Waals surface area (Å²) in [6, 6.07) is 13.8. The topological polar surface area (TPSA) is 121 Å². The summed E-state index contributed by atoms with van der Waals surface area (Å²) >= 11 is 1.46. The molecule has 0 saturated carbocycles. The molecule has 206 valence electrons. The zero-order valence-corrected chi connectivity index (χ0v) is 24.5. The Bertz CT molecular complexity index is 1430. The van der Waals surface area contributed by atoms with Crippen LogP contribution in [0.4, 0.5) is 5.13 Å². The molecule has 1 amide bonds. The standard InChI is InChI=1S/C28H34N6O3S2/c1-5-32(6-2)17-18-34(28-31-25-19-21(3)22(4)20-26(25)38-28)27(35)23-9-11-24(12-10-23)39(36,37)33(15-7-13-29)16-8-14-30/h9-12,19-20H,5-8,15-18H2,1-4H3. The van der Waals surface area contributed by atoms with Gasteiger partial charge in [-0.2, -0.15) is 14.8 Å². The molecule has 0 fully saturated rings. The maximum atomic E-state index is 13.8. The number of fused-ring (bicyclic) bond motifs is 1. The molecule has 0 aliphatic rings. The monoisotopic (exact) mass is 566 g/mol. The van der Waals surface area contributed by atoms with Crippen LogP contribution in [0.3, 0.4) is 0 Å². The highest BCUT2D eigenvalue weighted by atomic mass is 32.2. The van der Waals surface area contributed by atoms with Crippen LogP contribution < -0.4 is 4.90 Å². The van der Waals surface area contributed by atoms with Crippen molar-refractivity contribution in [1.29, 1.82) is 10.5 Å². The minimum absolute atomic E-state index is 0.00309. The van der Waals surface area contributed by atoms with Crippen molar-refractivity contribution in [2.24, 2.45) is 0 Å². The summed E-state index contributed by atoms with van der Waals surface area (Å²) in [7, 11) is -3.92. The van der Waals surface area contributed by atoms with Gasteiger partial charge in [0.15, 0.2) is 5.13 Å². The van der Waals surface area contributed by atoms with E-state index >= 15 is 0 Å². The fourth-order valence-electron chi connectivity index (χ4n) is 4.12. The maximum Gasteiger partial charge on any atom is 0.260 e. The maximum absolute atomic E-state index is 13.8. The van der Waals surface area contributed by atoms with Gasteiger partial charge in [-0.1, -0.05) is 25.2 Å². The van der Waals surface area contributed by atoms with E-state index in [0.717, 1.165) is 38.7 Å². The number of amides is 1. The number of nitriles is 2. The van der Waals surface area contributed by atoms with Gasteiger partial charge in [0, 0.05) is 44.6 Å². The van der Waals surface area contributed by atoms with E-state index in [1.165, 1.54) is 35.6 Å². The average Bonchev–Trinajstić information content (AvgIpc) is 3.33. The summed E-state index contributed by atoms with van der Waals surface area (Å²) in [5.41, 5.74) is 3.49. The summed E-state index contributed by atoms with van der Waals surface area (Å²) in [4.78, 5) is 22.5. The van der Waals surface area contributed by atoms with E-state index in [9.17, 15) is 13.2 Å². The quantitative estimate of drug-likeness (QED) is 0.293. The Morgan fingerprint density at radius 3 is 2.08 bits per heavy atom. The number of carbonyl (C=O) groups is 1. The minimum Gasteiger partial charge on any atom is -0.302 e. The summed E-state index contributed by atoms with van der Waals surface area (Å²) < 4.78 is 28.5. The molecule has 0 N–H and O–H groups in total. The SMILES string of the molecule is CCN(CC)CCN(C(=O)c1ccc(S(=O)(=O)N(CCC#N)CCC#N)cc1)c1nc2cc(C)c(C)cc2s1. The van der Waals surface area contributed by atoms with Crippen molar-refractivity contribution in [1.82, 2.24) is 14.2 Å². The predicted octanol–water partition coefficient (Wildman–Crippen LogP) is 4.72. The summed E-state index contributed by atoms with van der Waals surface area (Å²) in [6.45, 7) is 11.1. The Labute approximate surface area is 234 Å². The van der Waals surface area contributed by atoms with E-state index in [0.29, 0.717) is 23.8 Å². The number of carbonyl (C=O) groups excluding carboxylic acids is 1. The number of anilines is 1. The van der Waals surface area contributed by atoms with Gasteiger partial charge >= 0.3 is 0 Å². The number of sulfonamides is 1. The number of hydrogen-bond acceptors (Lipinski definition) is 8. The first-order chi connectivity index (χ1) is 18.7. The molecule has 2 aromatic carbocycles. The number of nitrogens with zero attached hydrogens (tertiary/aromatic N) is 6. The van der Waals surface area contributed by atoms with Crippen LogP contribution in [-0.4, -0.2) is 67.8 Å². The Hall–Kier alpha value is -3.35. The molecule has 1 heterocycles. The predicted molar refractivity (Wildman–Crippen MR) is 154 cm³/mol. The first kappa shape index (κ1) is 30.2. The molecule has 39 heavy (non-hydrogen) atoms. The fourth-order valence-corrected chi connectivity index (χ4v) is 6.64. The lowest BCUT2D eigenvalue weighted by Crippen LogP contribution is -2.39.